The van der Waals surface area contributed by atoms with Crippen molar-refractivity contribution in [3.63, 3.8) is 0 Å². The number of halogens is 1. The number of rotatable bonds is 6. The fourth-order valence-electron chi connectivity index (χ4n) is 2.29. The van der Waals surface area contributed by atoms with E-state index < -0.39 is 0 Å². The highest BCUT2D eigenvalue weighted by atomic mass is 79.9. The fraction of sp³-hybridized carbons (Fsp3) is 0.211. The van der Waals surface area contributed by atoms with Crippen molar-refractivity contribution in [2.24, 2.45) is 0 Å². The quantitative estimate of drug-likeness (QED) is 0.557. The van der Waals surface area contributed by atoms with Crippen LogP contribution in [0.4, 0.5) is 5.69 Å². The van der Waals surface area contributed by atoms with Gasteiger partial charge in [0.05, 0.1) is 6.61 Å². The minimum atomic E-state index is -0.276. The Kier molecular flexibility index (Phi) is 5.20. The Hall–Kier alpha value is -2.27. The molecule has 3 aromatic rings. The van der Waals surface area contributed by atoms with E-state index in [2.05, 4.69) is 28.2 Å². The van der Waals surface area contributed by atoms with Gasteiger partial charge in [0, 0.05) is 15.5 Å². The lowest BCUT2D eigenvalue weighted by molar-refractivity contribution is 0.0998. The number of unbranched alkanes of at least 4 members (excludes halogenated alkanes) is 1. The van der Waals surface area contributed by atoms with E-state index in [0.717, 1.165) is 28.5 Å². The fourth-order valence-corrected chi connectivity index (χ4v) is 2.67. The van der Waals surface area contributed by atoms with Crippen molar-refractivity contribution in [1.82, 2.24) is 0 Å². The zero-order chi connectivity index (χ0) is 16.9. The molecule has 4 nitrogen and oxygen atoms in total. The summed E-state index contributed by atoms with van der Waals surface area (Å²) in [6.45, 7) is 2.83. The van der Waals surface area contributed by atoms with E-state index in [1.54, 1.807) is 6.07 Å². The van der Waals surface area contributed by atoms with Crippen LogP contribution in [0.2, 0.25) is 0 Å². The predicted octanol–water partition coefficient (Wildman–Crippen LogP) is 5.63. The molecule has 0 aliphatic heterocycles. The first-order chi connectivity index (χ1) is 11.7. The lowest BCUT2D eigenvalue weighted by Crippen LogP contribution is -2.10. The molecule has 1 heterocycles. The van der Waals surface area contributed by atoms with Crippen LogP contribution < -0.4 is 10.1 Å². The Morgan fingerprint density at radius 3 is 2.71 bits per heavy atom. The van der Waals surface area contributed by atoms with Crippen LogP contribution in [0.1, 0.15) is 30.3 Å². The van der Waals surface area contributed by atoms with Crippen molar-refractivity contribution in [2.45, 2.75) is 19.8 Å². The molecule has 0 unspecified atom stereocenters. The normalized spacial score (nSPS) is 10.8. The summed E-state index contributed by atoms with van der Waals surface area (Å²) in [5.74, 6) is 0.809. The molecule has 2 aromatic carbocycles. The number of ether oxygens (including phenoxy) is 1. The van der Waals surface area contributed by atoms with Gasteiger partial charge in [-0.15, -0.1) is 0 Å². The summed E-state index contributed by atoms with van der Waals surface area (Å²) in [6.07, 6.45) is 2.13. The Morgan fingerprint density at radius 2 is 1.96 bits per heavy atom. The molecule has 5 heteroatoms. The Bertz CT molecular complexity index is 839. The minimum absolute atomic E-state index is 0.276. The number of nitrogens with one attached hydrogen (secondary N) is 1. The Labute approximate surface area is 148 Å². The van der Waals surface area contributed by atoms with E-state index in [1.807, 2.05) is 42.5 Å². The molecule has 0 aliphatic rings. The average Bonchev–Trinajstić information content (AvgIpc) is 3.00. The Morgan fingerprint density at radius 1 is 1.17 bits per heavy atom. The van der Waals surface area contributed by atoms with Crippen LogP contribution >= 0.6 is 15.9 Å². The zero-order valence-corrected chi connectivity index (χ0v) is 14.9. The van der Waals surface area contributed by atoms with Crippen LogP contribution in [0.3, 0.4) is 0 Å². The summed E-state index contributed by atoms with van der Waals surface area (Å²) in [5, 5.41) is 3.71. The number of carbonyl (C=O) groups excluding carboxylic acids is 1. The molecule has 0 saturated heterocycles. The maximum absolute atomic E-state index is 12.3. The monoisotopic (exact) mass is 387 g/mol. The summed E-state index contributed by atoms with van der Waals surface area (Å²) < 4.78 is 12.1. The highest BCUT2D eigenvalue weighted by Gasteiger charge is 2.12. The Balaban J connectivity index is 1.67. The number of carbonyl (C=O) groups is 1. The van der Waals surface area contributed by atoms with Gasteiger partial charge in [-0.1, -0.05) is 29.3 Å². The highest BCUT2D eigenvalue weighted by molar-refractivity contribution is 9.10. The van der Waals surface area contributed by atoms with E-state index in [1.165, 1.54) is 0 Å². The lowest BCUT2D eigenvalue weighted by atomic mass is 10.2. The second-order valence-corrected chi connectivity index (χ2v) is 6.39. The van der Waals surface area contributed by atoms with Crippen LogP contribution in [-0.2, 0) is 0 Å². The summed E-state index contributed by atoms with van der Waals surface area (Å²) >= 11 is 3.41. The molecule has 0 radical (unpaired) electrons. The second kappa shape index (κ2) is 7.53. The van der Waals surface area contributed by atoms with E-state index in [-0.39, 0.29) is 11.7 Å². The molecule has 124 valence electrons. The lowest BCUT2D eigenvalue weighted by Gasteiger charge is -2.07. The summed E-state index contributed by atoms with van der Waals surface area (Å²) in [6, 6.07) is 14.7. The molecule has 0 bridgehead atoms. The van der Waals surface area contributed by atoms with Crippen molar-refractivity contribution >= 4 is 38.5 Å². The molecule has 1 N–H and O–H groups in total. The van der Waals surface area contributed by atoms with E-state index in [4.69, 9.17) is 9.15 Å². The van der Waals surface area contributed by atoms with Gasteiger partial charge in [0.2, 0.25) is 0 Å². The predicted molar refractivity (Wildman–Crippen MR) is 98.7 cm³/mol. The largest absolute Gasteiger partial charge is 0.494 e. The van der Waals surface area contributed by atoms with Crippen LogP contribution in [0, 0.1) is 0 Å². The molecular formula is C19H18BrNO3. The smallest absolute Gasteiger partial charge is 0.291 e. The molecule has 1 amide bonds. The van der Waals surface area contributed by atoms with Crippen molar-refractivity contribution < 1.29 is 13.9 Å². The minimum Gasteiger partial charge on any atom is -0.494 e. The summed E-state index contributed by atoms with van der Waals surface area (Å²) in [7, 11) is 0. The van der Waals surface area contributed by atoms with Gasteiger partial charge in [-0.3, -0.25) is 4.79 Å². The van der Waals surface area contributed by atoms with Gasteiger partial charge >= 0.3 is 0 Å². The van der Waals surface area contributed by atoms with Gasteiger partial charge in [0.1, 0.15) is 11.3 Å². The molecule has 0 saturated carbocycles. The van der Waals surface area contributed by atoms with Gasteiger partial charge in [-0.05, 0) is 55.0 Å². The van der Waals surface area contributed by atoms with Crippen LogP contribution in [0.25, 0.3) is 11.0 Å². The molecular weight excluding hydrogens is 370 g/mol. The van der Waals surface area contributed by atoms with Gasteiger partial charge in [-0.2, -0.15) is 0 Å². The number of furan rings is 1. The first-order valence-corrected chi connectivity index (χ1v) is 8.68. The van der Waals surface area contributed by atoms with Crippen molar-refractivity contribution in [2.75, 3.05) is 11.9 Å². The highest BCUT2D eigenvalue weighted by Crippen LogP contribution is 2.24. The third kappa shape index (κ3) is 3.97. The number of hydrogen-bond donors (Lipinski definition) is 1. The first-order valence-electron chi connectivity index (χ1n) is 7.89. The second-order valence-electron chi connectivity index (χ2n) is 5.47. The number of anilines is 1. The maximum Gasteiger partial charge on any atom is 0.291 e. The SMILES string of the molecule is CCCCOc1ccc(NC(=O)c2cc3cc(Br)ccc3o2)cc1. The number of amides is 1. The van der Waals surface area contributed by atoms with Crippen molar-refractivity contribution in [3.8, 4) is 5.75 Å². The van der Waals surface area contributed by atoms with E-state index in [9.17, 15) is 4.79 Å². The molecule has 1 aromatic heterocycles. The maximum atomic E-state index is 12.3. The van der Waals surface area contributed by atoms with Gasteiger partial charge in [-0.25, -0.2) is 0 Å². The molecule has 0 aliphatic carbocycles. The van der Waals surface area contributed by atoms with Crippen LogP contribution in [0.5, 0.6) is 5.75 Å². The standard InChI is InChI=1S/C19H18BrNO3/c1-2-3-10-23-16-7-5-15(6-8-16)21-19(22)18-12-13-11-14(20)4-9-17(13)24-18/h4-9,11-12H,2-3,10H2,1H3,(H,21,22). The zero-order valence-electron chi connectivity index (χ0n) is 13.3. The first kappa shape index (κ1) is 16.6. The third-order valence-corrected chi connectivity index (χ3v) is 4.07. The molecule has 0 atom stereocenters. The van der Waals surface area contributed by atoms with Gasteiger partial charge in [0.25, 0.3) is 5.91 Å². The molecule has 3 rings (SSSR count). The number of fused-ring (bicyclic) bond motifs is 1. The number of benzene rings is 2. The molecule has 0 fully saturated rings. The topological polar surface area (TPSA) is 51.5 Å². The van der Waals surface area contributed by atoms with E-state index >= 15 is 0 Å². The van der Waals surface area contributed by atoms with E-state index in [0.29, 0.717) is 17.9 Å². The van der Waals surface area contributed by atoms with Crippen LogP contribution in [0.15, 0.2) is 57.4 Å². The van der Waals surface area contributed by atoms with Crippen molar-refractivity contribution in [3.05, 3.63) is 58.8 Å². The molecule has 24 heavy (non-hydrogen) atoms. The van der Waals surface area contributed by atoms with Gasteiger partial charge in [0.15, 0.2) is 5.76 Å². The summed E-state index contributed by atoms with van der Waals surface area (Å²) in [5.41, 5.74) is 1.38. The van der Waals surface area contributed by atoms with Crippen molar-refractivity contribution in [1.29, 1.82) is 0 Å². The van der Waals surface area contributed by atoms with Crippen LogP contribution in [-0.4, -0.2) is 12.5 Å². The third-order valence-electron chi connectivity index (χ3n) is 3.58. The molecule has 0 spiro atoms. The van der Waals surface area contributed by atoms with Gasteiger partial charge < -0.3 is 14.5 Å². The average molecular weight is 388 g/mol. The summed E-state index contributed by atoms with van der Waals surface area (Å²) in [4.78, 5) is 12.3. The number of hydrogen-bond acceptors (Lipinski definition) is 3.